The summed E-state index contributed by atoms with van der Waals surface area (Å²) in [7, 11) is 0. The first kappa shape index (κ1) is 19.3. The summed E-state index contributed by atoms with van der Waals surface area (Å²) in [4.78, 5) is 27.7. The van der Waals surface area contributed by atoms with E-state index >= 15 is 0 Å². The highest BCUT2D eigenvalue weighted by Crippen LogP contribution is 2.28. The number of ether oxygens (including phenoxy) is 1. The van der Waals surface area contributed by atoms with E-state index in [4.69, 9.17) is 27.2 Å². The monoisotopic (exact) mass is 397 g/mol. The molecule has 7 nitrogen and oxygen atoms in total. The topological polar surface area (TPSA) is 115 Å². The Bertz CT molecular complexity index is 1020. The molecule has 0 saturated carbocycles. The van der Waals surface area contributed by atoms with Crippen molar-refractivity contribution in [3.63, 3.8) is 0 Å². The first-order valence-electron chi connectivity index (χ1n) is 8.21. The van der Waals surface area contributed by atoms with E-state index in [1.165, 1.54) is 12.3 Å². The molecular weight excluding hydrogens is 382 g/mol. The number of nitrogens with zero attached hydrogens (tertiary/aromatic N) is 1. The van der Waals surface area contributed by atoms with Crippen molar-refractivity contribution in [1.82, 2.24) is 4.98 Å². The Kier molecular flexibility index (Phi) is 5.88. The number of nitrogens with two attached hydrogens (primary N) is 1. The molecule has 0 unspecified atom stereocenters. The number of hydrogen-bond acceptors (Lipinski definition) is 5. The predicted molar refractivity (Wildman–Crippen MR) is 105 cm³/mol. The van der Waals surface area contributed by atoms with Gasteiger partial charge in [0.25, 0.3) is 5.91 Å². The number of aliphatic hydroxyl groups is 1. The van der Waals surface area contributed by atoms with Crippen LogP contribution >= 0.6 is 11.6 Å². The van der Waals surface area contributed by atoms with E-state index in [2.05, 4.69) is 10.3 Å². The van der Waals surface area contributed by atoms with Crippen LogP contribution < -0.4 is 15.8 Å². The minimum absolute atomic E-state index is 0.146. The molecule has 0 aliphatic heterocycles. The summed E-state index contributed by atoms with van der Waals surface area (Å²) in [5.74, 6) is -0.235. The van der Waals surface area contributed by atoms with E-state index < -0.39 is 6.09 Å². The fourth-order valence-electron chi connectivity index (χ4n) is 2.52. The van der Waals surface area contributed by atoms with Crippen molar-refractivity contribution in [2.45, 2.75) is 6.61 Å². The Balaban J connectivity index is 1.79. The number of halogens is 1. The number of anilines is 1. The normalized spacial score (nSPS) is 10.4. The lowest BCUT2D eigenvalue weighted by Crippen LogP contribution is -2.18. The predicted octanol–water partition coefficient (Wildman–Crippen LogP) is 3.60. The number of carbonyl (C=O) groups is 2. The molecule has 28 heavy (non-hydrogen) atoms. The van der Waals surface area contributed by atoms with Gasteiger partial charge in [-0.3, -0.25) is 9.78 Å². The molecule has 0 bridgehead atoms. The standard InChI is InChI=1S/C20H16ClN3O4/c21-15-9-12(11-25)10-23-18(15)13-5-7-14(8-6-13)19(26)24-16-3-1-2-4-17(16)28-20(22)27/h1-10,25H,11H2,(H2,22,27)(H,24,26). The van der Waals surface area contributed by atoms with Gasteiger partial charge in [0.15, 0.2) is 5.75 Å². The quantitative estimate of drug-likeness (QED) is 0.608. The zero-order valence-corrected chi connectivity index (χ0v) is 15.3. The van der Waals surface area contributed by atoms with Crippen LogP contribution in [0.2, 0.25) is 5.02 Å². The maximum Gasteiger partial charge on any atom is 0.410 e. The molecule has 0 aliphatic carbocycles. The number of carbonyl (C=O) groups excluding carboxylic acids is 2. The van der Waals surface area contributed by atoms with Crippen LogP contribution in [0, 0.1) is 0 Å². The summed E-state index contributed by atoms with van der Waals surface area (Å²) < 4.78 is 4.87. The summed E-state index contributed by atoms with van der Waals surface area (Å²) in [5, 5.41) is 12.2. The molecule has 0 aliphatic rings. The fourth-order valence-corrected chi connectivity index (χ4v) is 2.82. The lowest BCUT2D eigenvalue weighted by atomic mass is 10.1. The summed E-state index contributed by atoms with van der Waals surface area (Å²) in [6, 6.07) is 14.8. The van der Waals surface area contributed by atoms with Crippen molar-refractivity contribution in [2.75, 3.05) is 5.32 Å². The van der Waals surface area contributed by atoms with Gasteiger partial charge in [0, 0.05) is 17.3 Å². The van der Waals surface area contributed by atoms with E-state index in [9.17, 15) is 9.59 Å². The zero-order chi connectivity index (χ0) is 20.1. The number of benzene rings is 2. The Morgan fingerprint density at radius 2 is 1.86 bits per heavy atom. The number of hydrogen-bond donors (Lipinski definition) is 3. The molecule has 0 radical (unpaired) electrons. The van der Waals surface area contributed by atoms with Crippen LogP contribution in [0.1, 0.15) is 15.9 Å². The van der Waals surface area contributed by atoms with E-state index in [0.717, 1.165) is 5.56 Å². The molecule has 0 atom stereocenters. The first-order chi connectivity index (χ1) is 13.5. The molecule has 0 spiro atoms. The van der Waals surface area contributed by atoms with Crippen LogP contribution in [0.25, 0.3) is 11.3 Å². The number of aliphatic hydroxyl groups excluding tert-OH is 1. The third-order valence-electron chi connectivity index (χ3n) is 3.85. The molecule has 3 rings (SSSR count). The lowest BCUT2D eigenvalue weighted by Gasteiger charge is -2.10. The van der Waals surface area contributed by atoms with Gasteiger partial charge in [-0.1, -0.05) is 35.9 Å². The van der Waals surface area contributed by atoms with Gasteiger partial charge in [-0.2, -0.15) is 0 Å². The maximum absolute atomic E-state index is 12.5. The molecule has 1 heterocycles. The molecular formula is C20H16ClN3O4. The van der Waals surface area contributed by atoms with Crippen LogP contribution in [-0.4, -0.2) is 22.1 Å². The summed E-state index contributed by atoms with van der Waals surface area (Å²) in [6.45, 7) is -0.146. The summed E-state index contributed by atoms with van der Waals surface area (Å²) in [6.07, 6.45) is 0.569. The number of primary amides is 1. The van der Waals surface area contributed by atoms with Gasteiger partial charge in [0.2, 0.25) is 0 Å². The molecule has 0 saturated heterocycles. The van der Waals surface area contributed by atoms with Crippen LogP contribution in [-0.2, 0) is 6.61 Å². The molecule has 4 N–H and O–H groups in total. The van der Waals surface area contributed by atoms with Gasteiger partial charge in [0.05, 0.1) is 23.0 Å². The highest BCUT2D eigenvalue weighted by Gasteiger charge is 2.12. The van der Waals surface area contributed by atoms with Gasteiger partial charge in [0.1, 0.15) is 0 Å². The molecule has 1 aromatic heterocycles. The van der Waals surface area contributed by atoms with Crippen molar-refractivity contribution in [3.05, 3.63) is 76.9 Å². The average Bonchev–Trinajstić information content (AvgIpc) is 2.69. The minimum Gasteiger partial charge on any atom is -0.408 e. The number of pyridine rings is 1. The lowest BCUT2D eigenvalue weighted by molar-refractivity contribution is 0.102. The second kappa shape index (κ2) is 8.51. The molecule has 3 aromatic rings. The first-order valence-corrected chi connectivity index (χ1v) is 8.59. The Labute approximate surface area is 165 Å². The van der Waals surface area contributed by atoms with E-state index in [0.29, 0.717) is 27.5 Å². The van der Waals surface area contributed by atoms with Crippen LogP contribution in [0.4, 0.5) is 10.5 Å². The van der Waals surface area contributed by atoms with Crippen LogP contribution in [0.15, 0.2) is 60.8 Å². The number of rotatable bonds is 5. The molecule has 142 valence electrons. The van der Waals surface area contributed by atoms with Gasteiger partial charge in [-0.25, -0.2) is 4.79 Å². The Morgan fingerprint density at radius 3 is 2.50 bits per heavy atom. The van der Waals surface area contributed by atoms with Crippen molar-refractivity contribution < 1.29 is 19.4 Å². The van der Waals surface area contributed by atoms with Gasteiger partial charge >= 0.3 is 6.09 Å². The molecule has 0 fully saturated rings. The van der Waals surface area contributed by atoms with Gasteiger partial charge < -0.3 is 20.9 Å². The Morgan fingerprint density at radius 1 is 1.14 bits per heavy atom. The third kappa shape index (κ3) is 4.46. The van der Waals surface area contributed by atoms with Crippen LogP contribution in [0.5, 0.6) is 5.75 Å². The average molecular weight is 398 g/mol. The molecule has 2 amide bonds. The maximum atomic E-state index is 12.5. The number of amides is 2. The fraction of sp³-hybridized carbons (Fsp3) is 0.0500. The largest absolute Gasteiger partial charge is 0.410 e. The highest BCUT2D eigenvalue weighted by molar-refractivity contribution is 6.33. The third-order valence-corrected chi connectivity index (χ3v) is 4.13. The van der Waals surface area contributed by atoms with Gasteiger partial charge in [-0.05, 0) is 35.9 Å². The van der Waals surface area contributed by atoms with Crippen molar-refractivity contribution in [1.29, 1.82) is 0 Å². The van der Waals surface area contributed by atoms with E-state index in [1.807, 2.05) is 0 Å². The van der Waals surface area contributed by atoms with Crippen molar-refractivity contribution in [3.8, 4) is 17.0 Å². The van der Waals surface area contributed by atoms with E-state index in [-0.39, 0.29) is 18.3 Å². The molecule has 8 heteroatoms. The van der Waals surface area contributed by atoms with Gasteiger partial charge in [-0.15, -0.1) is 0 Å². The second-order valence-corrected chi connectivity index (χ2v) is 6.19. The minimum atomic E-state index is -0.970. The number of aromatic nitrogens is 1. The summed E-state index contributed by atoms with van der Waals surface area (Å²) in [5.41, 5.74) is 7.63. The van der Waals surface area contributed by atoms with Crippen molar-refractivity contribution in [2.24, 2.45) is 5.73 Å². The smallest absolute Gasteiger partial charge is 0.408 e. The number of nitrogens with one attached hydrogen (secondary N) is 1. The molecule has 2 aromatic carbocycles. The number of para-hydroxylation sites is 2. The van der Waals surface area contributed by atoms with Crippen molar-refractivity contribution >= 4 is 29.3 Å². The Hall–Kier alpha value is -3.42. The highest BCUT2D eigenvalue weighted by atomic mass is 35.5. The van der Waals surface area contributed by atoms with Crippen LogP contribution in [0.3, 0.4) is 0 Å². The SMILES string of the molecule is NC(=O)Oc1ccccc1NC(=O)c1ccc(-c2ncc(CO)cc2Cl)cc1. The second-order valence-electron chi connectivity index (χ2n) is 5.78. The zero-order valence-electron chi connectivity index (χ0n) is 14.6. The summed E-state index contributed by atoms with van der Waals surface area (Å²) >= 11 is 6.21. The van der Waals surface area contributed by atoms with E-state index in [1.54, 1.807) is 48.5 Å².